The first-order chi connectivity index (χ1) is 8.29. The number of aryl methyl sites for hydroxylation is 1. The van der Waals surface area contributed by atoms with Crippen LogP contribution in [-0.4, -0.2) is 4.57 Å². The zero-order valence-electron chi connectivity index (χ0n) is 11.2. The van der Waals surface area contributed by atoms with E-state index in [4.69, 9.17) is 0 Å². The number of hydrogen-bond donors (Lipinski definition) is 0. The van der Waals surface area contributed by atoms with Crippen molar-refractivity contribution in [3.8, 4) is 0 Å². The van der Waals surface area contributed by atoms with Crippen LogP contribution in [0.2, 0.25) is 0 Å². The van der Waals surface area contributed by atoms with Crippen molar-refractivity contribution in [2.24, 2.45) is 7.05 Å². The molecule has 2 rings (SSSR count). The standard InChI is InChI=1S/C14H15N.C2H6/c1-4-8-13-11(5-2)12-9-6-7-10-14(12)15(13)3;1-2/h4-10H,2H2,1,3H3;1-2H3/b8-4-;. The summed E-state index contributed by atoms with van der Waals surface area (Å²) in [5.41, 5.74) is 3.68. The first-order valence-electron chi connectivity index (χ1n) is 6.12. The highest BCUT2D eigenvalue weighted by Gasteiger charge is 2.08. The van der Waals surface area contributed by atoms with Crippen LogP contribution in [0.25, 0.3) is 23.1 Å². The lowest BCUT2D eigenvalue weighted by Gasteiger charge is -1.98. The molecule has 90 valence electrons. The maximum absolute atomic E-state index is 3.89. The van der Waals surface area contributed by atoms with Gasteiger partial charge < -0.3 is 4.57 Å². The molecule has 1 aromatic carbocycles. The molecular weight excluding hydrogens is 206 g/mol. The minimum Gasteiger partial charge on any atom is -0.344 e. The molecule has 0 N–H and O–H groups in total. The van der Waals surface area contributed by atoms with E-state index in [-0.39, 0.29) is 0 Å². The minimum absolute atomic E-state index is 1.21. The molecule has 0 aliphatic carbocycles. The average molecular weight is 227 g/mol. The normalized spacial score (nSPS) is 10.4. The van der Waals surface area contributed by atoms with Crippen LogP contribution >= 0.6 is 0 Å². The van der Waals surface area contributed by atoms with E-state index in [1.54, 1.807) is 0 Å². The summed E-state index contributed by atoms with van der Waals surface area (Å²) in [4.78, 5) is 0. The van der Waals surface area contributed by atoms with Gasteiger partial charge in [0.05, 0.1) is 0 Å². The van der Waals surface area contributed by atoms with E-state index in [9.17, 15) is 0 Å². The molecule has 17 heavy (non-hydrogen) atoms. The monoisotopic (exact) mass is 227 g/mol. The van der Waals surface area contributed by atoms with Crippen LogP contribution in [0.4, 0.5) is 0 Å². The molecule has 0 saturated carbocycles. The van der Waals surface area contributed by atoms with E-state index >= 15 is 0 Å². The van der Waals surface area contributed by atoms with Crippen molar-refractivity contribution in [1.29, 1.82) is 0 Å². The van der Waals surface area contributed by atoms with Crippen LogP contribution < -0.4 is 0 Å². The minimum atomic E-state index is 1.21. The highest BCUT2D eigenvalue weighted by atomic mass is 14.9. The Morgan fingerprint density at radius 1 is 1.18 bits per heavy atom. The van der Waals surface area contributed by atoms with Gasteiger partial charge in [-0.3, -0.25) is 0 Å². The highest BCUT2D eigenvalue weighted by molar-refractivity contribution is 5.93. The fourth-order valence-corrected chi connectivity index (χ4v) is 2.02. The van der Waals surface area contributed by atoms with E-state index in [1.807, 2.05) is 26.8 Å². The van der Waals surface area contributed by atoms with Crippen LogP contribution in [0.15, 0.2) is 36.9 Å². The smallest absolute Gasteiger partial charge is 0.0488 e. The lowest BCUT2D eigenvalue weighted by atomic mass is 10.1. The van der Waals surface area contributed by atoms with Crippen LogP contribution in [0.5, 0.6) is 0 Å². The maximum atomic E-state index is 3.89. The number of fused-ring (bicyclic) bond motifs is 1. The molecule has 0 amide bonds. The van der Waals surface area contributed by atoms with E-state index in [0.717, 1.165) is 0 Å². The number of hydrogen-bond acceptors (Lipinski definition) is 0. The Morgan fingerprint density at radius 3 is 2.41 bits per heavy atom. The molecule has 2 aromatic rings. The fraction of sp³-hybridized carbons (Fsp3) is 0.250. The Kier molecular flexibility index (Phi) is 4.77. The van der Waals surface area contributed by atoms with Crippen molar-refractivity contribution < 1.29 is 0 Å². The number of para-hydroxylation sites is 1. The predicted molar refractivity (Wildman–Crippen MR) is 79.1 cm³/mol. The van der Waals surface area contributed by atoms with Crippen molar-refractivity contribution in [2.75, 3.05) is 0 Å². The lowest BCUT2D eigenvalue weighted by molar-refractivity contribution is 0.953. The second-order valence-electron chi connectivity index (χ2n) is 3.58. The van der Waals surface area contributed by atoms with Gasteiger partial charge in [-0.05, 0) is 19.1 Å². The van der Waals surface area contributed by atoms with Crippen molar-refractivity contribution in [2.45, 2.75) is 20.8 Å². The van der Waals surface area contributed by atoms with E-state index in [1.165, 1.54) is 22.2 Å². The van der Waals surface area contributed by atoms with Crippen molar-refractivity contribution in [3.05, 3.63) is 48.2 Å². The van der Waals surface area contributed by atoms with Crippen molar-refractivity contribution >= 4 is 23.1 Å². The summed E-state index contributed by atoms with van der Waals surface area (Å²) in [7, 11) is 2.09. The van der Waals surface area contributed by atoms with Crippen LogP contribution in [0.1, 0.15) is 32.0 Å². The summed E-state index contributed by atoms with van der Waals surface area (Å²) in [6, 6.07) is 8.40. The predicted octanol–water partition coefficient (Wildman–Crippen LogP) is 4.88. The summed E-state index contributed by atoms with van der Waals surface area (Å²) in [5.74, 6) is 0. The Morgan fingerprint density at radius 2 is 1.82 bits per heavy atom. The summed E-state index contributed by atoms with van der Waals surface area (Å²) in [6.45, 7) is 9.92. The molecule has 0 aliphatic rings. The number of aromatic nitrogens is 1. The van der Waals surface area contributed by atoms with Crippen LogP contribution in [0, 0.1) is 0 Å². The third-order valence-corrected chi connectivity index (χ3v) is 2.72. The molecule has 0 unspecified atom stereocenters. The number of nitrogens with zero attached hydrogens (tertiary/aromatic N) is 1. The maximum Gasteiger partial charge on any atom is 0.0488 e. The van der Waals surface area contributed by atoms with Crippen LogP contribution in [0.3, 0.4) is 0 Å². The van der Waals surface area contributed by atoms with Gasteiger partial charge in [0.15, 0.2) is 0 Å². The first kappa shape index (κ1) is 13.3. The molecule has 0 aliphatic heterocycles. The van der Waals surface area contributed by atoms with E-state index in [0.29, 0.717) is 0 Å². The van der Waals surface area contributed by atoms with E-state index in [2.05, 4.69) is 54.6 Å². The molecule has 0 radical (unpaired) electrons. The average Bonchev–Trinajstić information content (AvgIpc) is 2.66. The summed E-state index contributed by atoms with van der Waals surface area (Å²) >= 11 is 0. The molecule has 1 heteroatoms. The second kappa shape index (κ2) is 6.09. The SMILES string of the molecule is C=Cc1c(/C=C\C)n(C)c2ccccc12.CC. The van der Waals surface area contributed by atoms with Gasteiger partial charge in [0, 0.05) is 29.2 Å². The molecule has 0 saturated heterocycles. The van der Waals surface area contributed by atoms with Gasteiger partial charge in [-0.2, -0.15) is 0 Å². The molecule has 1 nitrogen and oxygen atoms in total. The molecule has 0 fully saturated rings. The fourth-order valence-electron chi connectivity index (χ4n) is 2.02. The summed E-state index contributed by atoms with van der Waals surface area (Å²) in [6.07, 6.45) is 6.11. The Balaban J connectivity index is 0.000000686. The largest absolute Gasteiger partial charge is 0.344 e. The first-order valence-corrected chi connectivity index (χ1v) is 6.12. The molecule has 0 spiro atoms. The Bertz CT molecular complexity index is 530. The Labute approximate surface area is 104 Å². The van der Waals surface area contributed by atoms with Gasteiger partial charge in [-0.25, -0.2) is 0 Å². The molecule has 1 aromatic heterocycles. The molecule has 1 heterocycles. The molecule has 0 atom stereocenters. The number of allylic oxidation sites excluding steroid dienone is 1. The van der Waals surface area contributed by atoms with Gasteiger partial charge >= 0.3 is 0 Å². The topological polar surface area (TPSA) is 4.93 Å². The summed E-state index contributed by atoms with van der Waals surface area (Å²) in [5, 5.41) is 1.27. The van der Waals surface area contributed by atoms with E-state index < -0.39 is 0 Å². The molecular formula is C16H21N. The highest BCUT2D eigenvalue weighted by Crippen LogP contribution is 2.26. The van der Waals surface area contributed by atoms with Crippen molar-refractivity contribution in [3.63, 3.8) is 0 Å². The quantitative estimate of drug-likeness (QED) is 0.689. The van der Waals surface area contributed by atoms with Gasteiger partial charge in [-0.15, -0.1) is 0 Å². The molecule has 0 bridgehead atoms. The third-order valence-electron chi connectivity index (χ3n) is 2.72. The van der Waals surface area contributed by atoms with Gasteiger partial charge in [0.25, 0.3) is 0 Å². The summed E-state index contributed by atoms with van der Waals surface area (Å²) < 4.78 is 2.20. The van der Waals surface area contributed by atoms with Gasteiger partial charge in [-0.1, -0.05) is 50.8 Å². The van der Waals surface area contributed by atoms with Gasteiger partial charge in [0.2, 0.25) is 0 Å². The second-order valence-corrected chi connectivity index (χ2v) is 3.58. The number of rotatable bonds is 2. The number of benzene rings is 1. The Hall–Kier alpha value is -1.76. The van der Waals surface area contributed by atoms with Crippen LogP contribution in [-0.2, 0) is 7.05 Å². The zero-order chi connectivity index (χ0) is 12.8. The zero-order valence-corrected chi connectivity index (χ0v) is 11.2. The lowest BCUT2D eigenvalue weighted by Crippen LogP contribution is -1.90. The van der Waals surface area contributed by atoms with Crippen molar-refractivity contribution in [1.82, 2.24) is 4.57 Å². The van der Waals surface area contributed by atoms with Gasteiger partial charge in [0.1, 0.15) is 0 Å². The third kappa shape index (κ3) is 2.33.